The van der Waals surface area contributed by atoms with Crippen LogP contribution in [0.5, 0.6) is 0 Å². The number of aryl methyl sites for hydroxylation is 2. The van der Waals surface area contributed by atoms with Crippen LogP contribution in [0.15, 0.2) is 48.5 Å². The van der Waals surface area contributed by atoms with Crippen LogP contribution in [-0.4, -0.2) is 21.3 Å². The Kier molecular flexibility index (Phi) is 3.52. The van der Waals surface area contributed by atoms with Crippen molar-refractivity contribution >= 4 is 11.0 Å². The molecule has 3 aromatic rings. The van der Waals surface area contributed by atoms with Crippen molar-refractivity contribution in [2.45, 2.75) is 12.8 Å². The predicted molar refractivity (Wildman–Crippen MR) is 81.6 cm³/mol. The maximum absolute atomic E-state index is 8.93. The van der Waals surface area contributed by atoms with E-state index in [9.17, 15) is 0 Å². The minimum atomic E-state index is 0.235. The summed E-state index contributed by atoms with van der Waals surface area (Å²) < 4.78 is 2.13. The Morgan fingerprint density at radius 2 is 1.90 bits per heavy atom. The normalized spacial score (nSPS) is 11.1. The van der Waals surface area contributed by atoms with E-state index in [1.165, 1.54) is 5.56 Å². The topological polar surface area (TPSA) is 38.0 Å². The second kappa shape index (κ2) is 5.47. The number of hydrogen-bond acceptors (Lipinski definition) is 2. The molecule has 0 aliphatic carbocycles. The number of nitrogens with zero attached hydrogens (tertiary/aromatic N) is 2. The van der Waals surface area contributed by atoms with E-state index in [2.05, 4.69) is 34.9 Å². The molecule has 3 rings (SSSR count). The van der Waals surface area contributed by atoms with Crippen molar-refractivity contribution in [1.29, 1.82) is 0 Å². The largest absolute Gasteiger partial charge is 0.396 e. The van der Waals surface area contributed by atoms with Gasteiger partial charge in [0.1, 0.15) is 5.82 Å². The van der Waals surface area contributed by atoms with Crippen LogP contribution in [0.2, 0.25) is 0 Å². The molecule has 2 aromatic carbocycles. The van der Waals surface area contributed by atoms with E-state index in [0.29, 0.717) is 0 Å². The summed E-state index contributed by atoms with van der Waals surface area (Å²) in [6.07, 6.45) is 1.70. The zero-order valence-electron chi connectivity index (χ0n) is 11.6. The highest BCUT2D eigenvalue weighted by Gasteiger charge is 2.09. The lowest BCUT2D eigenvalue weighted by atomic mass is 10.1. The van der Waals surface area contributed by atoms with Crippen molar-refractivity contribution in [3.8, 4) is 11.4 Å². The van der Waals surface area contributed by atoms with Crippen molar-refractivity contribution in [2.75, 3.05) is 6.61 Å². The fourth-order valence-electron chi connectivity index (χ4n) is 2.52. The Balaban J connectivity index is 2.06. The number of aliphatic hydroxyl groups excluding tert-OH is 1. The molecule has 0 aliphatic heterocycles. The molecule has 3 nitrogen and oxygen atoms in total. The Labute approximate surface area is 118 Å². The summed E-state index contributed by atoms with van der Waals surface area (Å²) in [5.41, 5.74) is 4.52. The van der Waals surface area contributed by atoms with Crippen molar-refractivity contribution in [2.24, 2.45) is 7.05 Å². The fourth-order valence-corrected chi connectivity index (χ4v) is 2.52. The third kappa shape index (κ3) is 2.32. The average molecular weight is 266 g/mol. The number of rotatable bonds is 4. The summed E-state index contributed by atoms with van der Waals surface area (Å²) in [7, 11) is 2.05. The van der Waals surface area contributed by atoms with Crippen molar-refractivity contribution in [3.05, 3.63) is 54.1 Å². The molecule has 0 saturated carbocycles. The molecule has 0 bridgehead atoms. The maximum atomic E-state index is 8.93. The van der Waals surface area contributed by atoms with E-state index in [1.807, 2.05) is 25.2 Å². The van der Waals surface area contributed by atoms with E-state index < -0.39 is 0 Å². The van der Waals surface area contributed by atoms with Gasteiger partial charge in [0.2, 0.25) is 0 Å². The zero-order valence-corrected chi connectivity index (χ0v) is 11.6. The highest BCUT2D eigenvalue weighted by atomic mass is 16.2. The number of aromatic nitrogens is 2. The lowest BCUT2D eigenvalue weighted by Gasteiger charge is -2.03. The van der Waals surface area contributed by atoms with E-state index in [0.717, 1.165) is 35.3 Å². The van der Waals surface area contributed by atoms with Gasteiger partial charge >= 0.3 is 0 Å². The van der Waals surface area contributed by atoms with Gasteiger partial charge in [0.25, 0.3) is 0 Å². The summed E-state index contributed by atoms with van der Waals surface area (Å²) in [6, 6.07) is 16.6. The smallest absolute Gasteiger partial charge is 0.140 e. The standard InChI is InChI=1S/C17H18N2O/c1-19-16-12-13(6-5-11-20)9-10-15(16)18-17(19)14-7-3-2-4-8-14/h2-4,7-10,12,20H,5-6,11H2,1H3. The van der Waals surface area contributed by atoms with Crippen molar-refractivity contribution < 1.29 is 5.11 Å². The first-order valence-electron chi connectivity index (χ1n) is 6.91. The minimum absolute atomic E-state index is 0.235. The van der Waals surface area contributed by atoms with Gasteiger partial charge in [-0.05, 0) is 30.5 Å². The van der Waals surface area contributed by atoms with Crippen LogP contribution in [0.4, 0.5) is 0 Å². The molecule has 1 N–H and O–H groups in total. The summed E-state index contributed by atoms with van der Waals surface area (Å²) in [5, 5.41) is 8.93. The van der Waals surface area contributed by atoms with Gasteiger partial charge in [0, 0.05) is 19.2 Å². The highest BCUT2D eigenvalue weighted by Crippen LogP contribution is 2.24. The molecule has 102 valence electrons. The molecule has 0 fully saturated rings. The lowest BCUT2D eigenvalue weighted by Crippen LogP contribution is -1.93. The molecule has 0 amide bonds. The first kappa shape index (κ1) is 12.9. The molecule has 1 heterocycles. The molecule has 1 aromatic heterocycles. The van der Waals surface area contributed by atoms with Gasteiger partial charge in [-0.15, -0.1) is 0 Å². The summed E-state index contributed by atoms with van der Waals surface area (Å²) in [4.78, 5) is 4.72. The van der Waals surface area contributed by atoms with Gasteiger partial charge in [-0.2, -0.15) is 0 Å². The molecule has 20 heavy (non-hydrogen) atoms. The lowest BCUT2D eigenvalue weighted by molar-refractivity contribution is 0.288. The molecule has 3 heteroatoms. The fraction of sp³-hybridized carbons (Fsp3) is 0.235. The highest BCUT2D eigenvalue weighted by molar-refractivity contribution is 5.81. The first-order chi connectivity index (χ1) is 9.79. The van der Waals surface area contributed by atoms with Gasteiger partial charge in [0.05, 0.1) is 11.0 Å². The summed E-state index contributed by atoms with van der Waals surface area (Å²) in [6.45, 7) is 0.235. The quantitative estimate of drug-likeness (QED) is 0.787. The average Bonchev–Trinajstić information content (AvgIpc) is 2.83. The summed E-state index contributed by atoms with van der Waals surface area (Å²) >= 11 is 0. The van der Waals surface area contributed by atoms with Crippen LogP contribution in [0.3, 0.4) is 0 Å². The SMILES string of the molecule is Cn1c(-c2ccccc2)nc2ccc(CCCO)cc21. The van der Waals surface area contributed by atoms with Crippen LogP contribution >= 0.6 is 0 Å². The van der Waals surface area contributed by atoms with E-state index in [4.69, 9.17) is 10.1 Å². The van der Waals surface area contributed by atoms with E-state index in [-0.39, 0.29) is 6.61 Å². The van der Waals surface area contributed by atoms with Crippen LogP contribution in [-0.2, 0) is 13.5 Å². The van der Waals surface area contributed by atoms with Gasteiger partial charge < -0.3 is 9.67 Å². The second-order valence-corrected chi connectivity index (χ2v) is 5.01. The Bertz CT molecular complexity index is 716. The van der Waals surface area contributed by atoms with Crippen LogP contribution in [0.1, 0.15) is 12.0 Å². The Morgan fingerprint density at radius 1 is 1.10 bits per heavy atom. The summed E-state index contributed by atoms with van der Waals surface area (Å²) in [5.74, 6) is 0.986. The van der Waals surface area contributed by atoms with Crippen molar-refractivity contribution in [3.63, 3.8) is 0 Å². The molecular formula is C17H18N2O. The van der Waals surface area contributed by atoms with Gasteiger partial charge in [-0.1, -0.05) is 36.4 Å². The molecule has 0 aliphatic rings. The van der Waals surface area contributed by atoms with E-state index in [1.54, 1.807) is 0 Å². The van der Waals surface area contributed by atoms with E-state index >= 15 is 0 Å². The maximum Gasteiger partial charge on any atom is 0.140 e. The Morgan fingerprint density at radius 3 is 2.65 bits per heavy atom. The Hall–Kier alpha value is -2.13. The molecular weight excluding hydrogens is 248 g/mol. The second-order valence-electron chi connectivity index (χ2n) is 5.01. The first-order valence-corrected chi connectivity index (χ1v) is 6.91. The molecule has 0 spiro atoms. The minimum Gasteiger partial charge on any atom is -0.396 e. The van der Waals surface area contributed by atoms with Crippen molar-refractivity contribution in [1.82, 2.24) is 9.55 Å². The zero-order chi connectivity index (χ0) is 13.9. The van der Waals surface area contributed by atoms with Crippen LogP contribution in [0.25, 0.3) is 22.4 Å². The van der Waals surface area contributed by atoms with Gasteiger partial charge in [0.15, 0.2) is 0 Å². The molecule has 0 saturated heterocycles. The molecule has 0 atom stereocenters. The van der Waals surface area contributed by atoms with Gasteiger partial charge in [-0.3, -0.25) is 0 Å². The van der Waals surface area contributed by atoms with Gasteiger partial charge in [-0.25, -0.2) is 4.98 Å². The number of hydrogen-bond donors (Lipinski definition) is 1. The molecule has 0 unspecified atom stereocenters. The monoisotopic (exact) mass is 266 g/mol. The number of imidazole rings is 1. The third-order valence-corrected chi connectivity index (χ3v) is 3.60. The molecule has 0 radical (unpaired) electrons. The van der Waals surface area contributed by atoms with Crippen LogP contribution in [0, 0.1) is 0 Å². The third-order valence-electron chi connectivity index (χ3n) is 3.60. The number of benzene rings is 2. The number of fused-ring (bicyclic) bond motifs is 1. The number of aliphatic hydroxyl groups is 1. The predicted octanol–water partition coefficient (Wildman–Crippen LogP) is 3.17. The van der Waals surface area contributed by atoms with Crippen LogP contribution < -0.4 is 0 Å².